The van der Waals surface area contributed by atoms with Gasteiger partial charge in [-0.1, -0.05) is 22.7 Å². The van der Waals surface area contributed by atoms with Crippen molar-refractivity contribution < 1.29 is 0 Å². The van der Waals surface area contributed by atoms with Gasteiger partial charge in [-0.2, -0.15) is 0 Å². The van der Waals surface area contributed by atoms with Crippen molar-refractivity contribution in [3.8, 4) is 0 Å². The van der Waals surface area contributed by atoms with Crippen LogP contribution in [0.5, 0.6) is 0 Å². The largest absolute Gasteiger partial charge is 0.308 e. The highest BCUT2D eigenvalue weighted by atomic mass is 32.1. The molecule has 3 aromatic rings. The van der Waals surface area contributed by atoms with Crippen molar-refractivity contribution in [3.05, 3.63) is 46.3 Å². The molecule has 0 aliphatic heterocycles. The van der Waals surface area contributed by atoms with E-state index in [0.29, 0.717) is 0 Å². The van der Waals surface area contributed by atoms with Gasteiger partial charge in [0.2, 0.25) is 0 Å². The van der Waals surface area contributed by atoms with Crippen molar-refractivity contribution in [3.63, 3.8) is 0 Å². The Morgan fingerprint density at radius 3 is 3.00 bits per heavy atom. The van der Waals surface area contributed by atoms with E-state index in [2.05, 4.69) is 44.5 Å². The van der Waals surface area contributed by atoms with Crippen LogP contribution >= 0.6 is 22.9 Å². The molecule has 2 aromatic heterocycles. The van der Waals surface area contributed by atoms with Crippen molar-refractivity contribution in [1.82, 2.24) is 14.9 Å². The van der Waals surface area contributed by atoms with Gasteiger partial charge < -0.3 is 5.32 Å². The number of benzene rings is 1. The van der Waals surface area contributed by atoms with Crippen molar-refractivity contribution >= 4 is 33.0 Å². The third-order valence-electron chi connectivity index (χ3n) is 2.78. The normalized spacial score (nSPS) is 13.0. The second-order valence-corrected chi connectivity index (χ2v) is 5.26. The highest BCUT2D eigenvalue weighted by Crippen LogP contribution is 2.31. The molecule has 1 unspecified atom stereocenters. The first-order valence-electron chi connectivity index (χ1n) is 5.30. The van der Waals surface area contributed by atoms with Crippen LogP contribution in [-0.2, 0) is 0 Å². The van der Waals surface area contributed by atoms with Crippen LogP contribution in [0.1, 0.15) is 17.3 Å². The van der Waals surface area contributed by atoms with Crippen molar-refractivity contribution in [2.45, 2.75) is 6.04 Å². The minimum atomic E-state index is 0.121. The predicted octanol–water partition coefficient (Wildman–Crippen LogP) is 3.06. The number of fused-ring (bicyclic) bond motifs is 1. The fourth-order valence-corrected chi connectivity index (χ4v) is 3.43. The highest BCUT2D eigenvalue weighted by molar-refractivity contribution is 7.17. The molecule has 0 saturated heterocycles. The Morgan fingerprint density at radius 2 is 2.24 bits per heavy atom. The lowest BCUT2D eigenvalue weighted by Gasteiger charge is -2.14. The zero-order valence-electron chi connectivity index (χ0n) is 9.25. The molecule has 3 rings (SSSR count). The van der Waals surface area contributed by atoms with E-state index in [1.807, 2.05) is 12.4 Å². The number of nitrogens with one attached hydrogen (secondary N) is 1. The van der Waals surface area contributed by atoms with Crippen LogP contribution in [0.25, 0.3) is 10.1 Å². The number of thiophene rings is 1. The summed E-state index contributed by atoms with van der Waals surface area (Å²) in [6.07, 6.45) is 0. The second kappa shape index (κ2) is 4.52. The molecule has 0 fully saturated rings. The SMILES string of the molecule is CNC(c1csnn1)c1cccc2ccsc12. The van der Waals surface area contributed by atoms with Crippen molar-refractivity contribution in [1.29, 1.82) is 0 Å². The standard InChI is InChI=1S/C12H11N3S2/c1-13-11(10-7-17-15-14-10)9-4-2-3-8-5-6-16-12(8)9/h2-7,11,13H,1H3. The van der Waals surface area contributed by atoms with Crippen molar-refractivity contribution in [2.75, 3.05) is 7.05 Å². The Bertz CT molecular complexity index is 616. The lowest BCUT2D eigenvalue weighted by molar-refractivity contribution is 0.673. The number of hydrogen-bond donors (Lipinski definition) is 1. The summed E-state index contributed by atoms with van der Waals surface area (Å²) < 4.78 is 5.26. The number of rotatable bonds is 3. The Labute approximate surface area is 107 Å². The summed E-state index contributed by atoms with van der Waals surface area (Å²) >= 11 is 3.16. The Kier molecular flexibility index (Phi) is 2.88. The molecular formula is C12H11N3S2. The number of nitrogens with zero attached hydrogens (tertiary/aromatic N) is 2. The Hall–Kier alpha value is -1.30. The van der Waals surface area contributed by atoms with E-state index in [4.69, 9.17) is 0 Å². The first kappa shape index (κ1) is 10.8. The van der Waals surface area contributed by atoms with Gasteiger partial charge in [0.1, 0.15) is 0 Å². The smallest absolute Gasteiger partial charge is 0.0970 e. The molecule has 17 heavy (non-hydrogen) atoms. The minimum Gasteiger partial charge on any atom is -0.308 e. The average molecular weight is 261 g/mol. The second-order valence-electron chi connectivity index (χ2n) is 3.74. The molecule has 0 aliphatic carbocycles. The lowest BCUT2D eigenvalue weighted by Crippen LogP contribution is -2.18. The first-order valence-corrected chi connectivity index (χ1v) is 7.02. The zero-order chi connectivity index (χ0) is 11.7. The monoisotopic (exact) mass is 261 g/mol. The molecule has 0 radical (unpaired) electrons. The molecule has 1 aromatic carbocycles. The van der Waals surface area contributed by atoms with Crippen molar-refractivity contribution in [2.24, 2.45) is 0 Å². The van der Waals surface area contributed by atoms with Gasteiger partial charge >= 0.3 is 0 Å². The van der Waals surface area contributed by atoms with Gasteiger partial charge in [0.05, 0.1) is 11.7 Å². The van der Waals surface area contributed by atoms with Gasteiger partial charge in [-0.3, -0.25) is 0 Å². The van der Waals surface area contributed by atoms with Crippen LogP contribution in [0.15, 0.2) is 35.0 Å². The number of aromatic nitrogens is 2. The molecule has 86 valence electrons. The average Bonchev–Trinajstić information content (AvgIpc) is 3.00. The molecule has 0 saturated carbocycles. The third kappa shape index (κ3) is 1.86. The summed E-state index contributed by atoms with van der Waals surface area (Å²) in [5, 5.41) is 12.9. The van der Waals surface area contributed by atoms with E-state index in [1.165, 1.54) is 27.2 Å². The molecule has 3 nitrogen and oxygen atoms in total. The van der Waals surface area contributed by atoms with Gasteiger partial charge in [0.15, 0.2) is 0 Å². The van der Waals surface area contributed by atoms with E-state index in [1.54, 1.807) is 11.3 Å². The molecule has 0 aliphatic rings. The summed E-state index contributed by atoms with van der Waals surface area (Å²) in [6.45, 7) is 0. The predicted molar refractivity (Wildman–Crippen MR) is 72.6 cm³/mol. The molecule has 1 N–H and O–H groups in total. The van der Waals surface area contributed by atoms with E-state index in [9.17, 15) is 0 Å². The number of hydrogen-bond acceptors (Lipinski definition) is 5. The van der Waals surface area contributed by atoms with E-state index in [-0.39, 0.29) is 6.04 Å². The Morgan fingerprint density at radius 1 is 1.29 bits per heavy atom. The molecule has 0 bridgehead atoms. The van der Waals surface area contributed by atoms with Crippen LogP contribution in [0.4, 0.5) is 0 Å². The van der Waals surface area contributed by atoms with Gasteiger partial charge in [0.25, 0.3) is 0 Å². The van der Waals surface area contributed by atoms with E-state index < -0.39 is 0 Å². The zero-order valence-corrected chi connectivity index (χ0v) is 10.9. The van der Waals surface area contributed by atoms with E-state index in [0.717, 1.165) is 5.69 Å². The van der Waals surface area contributed by atoms with Gasteiger partial charge in [0, 0.05) is 10.1 Å². The minimum absolute atomic E-state index is 0.121. The molecule has 0 spiro atoms. The molecular weight excluding hydrogens is 250 g/mol. The quantitative estimate of drug-likeness (QED) is 0.787. The Balaban J connectivity index is 2.16. The molecule has 1 atom stereocenters. The van der Waals surface area contributed by atoms with Crippen LogP contribution in [0, 0.1) is 0 Å². The van der Waals surface area contributed by atoms with Gasteiger partial charge in [-0.15, -0.1) is 16.4 Å². The van der Waals surface area contributed by atoms with Crippen LogP contribution < -0.4 is 5.32 Å². The van der Waals surface area contributed by atoms with Crippen LogP contribution in [0.2, 0.25) is 0 Å². The lowest BCUT2D eigenvalue weighted by atomic mass is 10.0. The molecule has 2 heterocycles. The van der Waals surface area contributed by atoms with Gasteiger partial charge in [-0.05, 0) is 41.0 Å². The maximum absolute atomic E-state index is 4.17. The highest BCUT2D eigenvalue weighted by Gasteiger charge is 2.17. The molecule has 0 amide bonds. The summed E-state index contributed by atoms with van der Waals surface area (Å²) in [5.41, 5.74) is 2.26. The molecule has 5 heteroatoms. The maximum atomic E-state index is 4.17. The summed E-state index contributed by atoms with van der Waals surface area (Å²) in [4.78, 5) is 0. The fraction of sp³-hybridized carbons (Fsp3) is 0.167. The van der Waals surface area contributed by atoms with E-state index >= 15 is 0 Å². The summed E-state index contributed by atoms with van der Waals surface area (Å²) in [6, 6.07) is 8.65. The topological polar surface area (TPSA) is 37.8 Å². The summed E-state index contributed by atoms with van der Waals surface area (Å²) in [7, 11) is 1.95. The maximum Gasteiger partial charge on any atom is 0.0970 e. The third-order valence-corrected chi connectivity index (χ3v) is 4.28. The van der Waals surface area contributed by atoms with Crippen LogP contribution in [0.3, 0.4) is 0 Å². The fourth-order valence-electron chi connectivity index (χ4n) is 2.00. The summed E-state index contributed by atoms with van der Waals surface area (Å²) in [5.74, 6) is 0. The first-order chi connectivity index (χ1) is 8.40. The van der Waals surface area contributed by atoms with Crippen LogP contribution in [-0.4, -0.2) is 16.6 Å². The van der Waals surface area contributed by atoms with Gasteiger partial charge in [-0.25, -0.2) is 0 Å².